The van der Waals surface area contributed by atoms with E-state index in [4.69, 9.17) is 22.1 Å². The van der Waals surface area contributed by atoms with Gasteiger partial charge in [0.25, 0.3) is 0 Å². The van der Waals surface area contributed by atoms with Crippen LogP contribution in [0.2, 0.25) is 5.02 Å². The highest BCUT2D eigenvalue weighted by atomic mass is 35.5. The van der Waals surface area contributed by atoms with E-state index in [1.54, 1.807) is 0 Å². The lowest BCUT2D eigenvalue weighted by atomic mass is 10.3. The summed E-state index contributed by atoms with van der Waals surface area (Å²) in [5, 5.41) is 0.737. The van der Waals surface area contributed by atoms with Crippen LogP contribution in [0, 0.1) is 0 Å². The zero-order valence-corrected chi connectivity index (χ0v) is 8.70. The average Bonchev–Trinajstić information content (AvgIpc) is 2.56. The number of benzene rings is 1. The highest BCUT2D eigenvalue weighted by molar-refractivity contribution is 6.30. The third-order valence-corrected chi connectivity index (χ3v) is 2.79. The van der Waals surface area contributed by atoms with Crippen LogP contribution >= 0.6 is 11.6 Å². The first kappa shape index (κ1) is 9.81. The minimum absolute atomic E-state index is 0.283. The van der Waals surface area contributed by atoms with Gasteiger partial charge in [0, 0.05) is 11.1 Å². The van der Waals surface area contributed by atoms with E-state index < -0.39 is 0 Å². The molecule has 0 bridgehead atoms. The molecule has 3 heteroatoms. The Balaban J connectivity index is 1.94. The standard InChI is InChI=1S/C11H14ClNO/c12-8-1-4-10(5-2-8)14-11-6-3-9(13)7-11/h1-2,4-5,9,11H,3,6-7,13H2. The van der Waals surface area contributed by atoms with Crippen LogP contribution in [0.5, 0.6) is 5.75 Å². The van der Waals surface area contributed by atoms with E-state index in [9.17, 15) is 0 Å². The summed E-state index contributed by atoms with van der Waals surface area (Å²) in [5.41, 5.74) is 5.80. The van der Waals surface area contributed by atoms with Gasteiger partial charge in [0.15, 0.2) is 0 Å². The molecule has 2 unspecified atom stereocenters. The lowest BCUT2D eigenvalue weighted by Crippen LogP contribution is -2.19. The molecule has 0 radical (unpaired) electrons. The van der Waals surface area contributed by atoms with E-state index in [1.165, 1.54) is 0 Å². The monoisotopic (exact) mass is 211 g/mol. The number of ether oxygens (including phenoxy) is 1. The van der Waals surface area contributed by atoms with Crippen molar-refractivity contribution in [3.63, 3.8) is 0 Å². The number of halogens is 1. The van der Waals surface area contributed by atoms with Crippen molar-refractivity contribution in [3.05, 3.63) is 29.3 Å². The van der Waals surface area contributed by atoms with Gasteiger partial charge in [-0.3, -0.25) is 0 Å². The Labute approximate surface area is 89.0 Å². The van der Waals surface area contributed by atoms with Gasteiger partial charge < -0.3 is 10.5 Å². The molecule has 1 aromatic carbocycles. The highest BCUT2D eigenvalue weighted by Crippen LogP contribution is 2.24. The van der Waals surface area contributed by atoms with Gasteiger partial charge in [-0.1, -0.05) is 11.6 Å². The van der Waals surface area contributed by atoms with Crippen molar-refractivity contribution in [2.24, 2.45) is 5.73 Å². The van der Waals surface area contributed by atoms with Crippen molar-refractivity contribution in [2.75, 3.05) is 0 Å². The quantitative estimate of drug-likeness (QED) is 0.816. The van der Waals surface area contributed by atoms with Crippen LogP contribution in [-0.2, 0) is 0 Å². The van der Waals surface area contributed by atoms with Crippen LogP contribution in [0.25, 0.3) is 0 Å². The molecule has 2 nitrogen and oxygen atoms in total. The molecule has 2 atom stereocenters. The minimum atomic E-state index is 0.283. The first-order chi connectivity index (χ1) is 6.74. The molecular formula is C11H14ClNO. The molecular weight excluding hydrogens is 198 g/mol. The van der Waals surface area contributed by atoms with Crippen LogP contribution in [0.3, 0.4) is 0 Å². The molecule has 14 heavy (non-hydrogen) atoms. The summed E-state index contributed by atoms with van der Waals surface area (Å²) in [6, 6.07) is 7.78. The van der Waals surface area contributed by atoms with Gasteiger partial charge in [-0.05, 0) is 43.5 Å². The third kappa shape index (κ3) is 2.40. The molecule has 0 saturated heterocycles. The fraction of sp³-hybridized carbons (Fsp3) is 0.455. The first-order valence-corrected chi connectivity index (χ1v) is 5.29. The highest BCUT2D eigenvalue weighted by Gasteiger charge is 2.22. The van der Waals surface area contributed by atoms with E-state index >= 15 is 0 Å². The molecule has 1 saturated carbocycles. The van der Waals surface area contributed by atoms with E-state index in [1.807, 2.05) is 24.3 Å². The fourth-order valence-corrected chi connectivity index (χ4v) is 1.91. The van der Waals surface area contributed by atoms with Gasteiger partial charge in [0.05, 0.1) is 0 Å². The summed E-state index contributed by atoms with van der Waals surface area (Å²) < 4.78 is 5.76. The summed E-state index contributed by atoms with van der Waals surface area (Å²) >= 11 is 5.78. The molecule has 2 rings (SSSR count). The van der Waals surface area contributed by atoms with Crippen LogP contribution in [0.15, 0.2) is 24.3 Å². The van der Waals surface area contributed by atoms with Gasteiger partial charge in [-0.25, -0.2) is 0 Å². The lowest BCUT2D eigenvalue weighted by molar-refractivity contribution is 0.208. The molecule has 1 fully saturated rings. The van der Waals surface area contributed by atoms with Crippen LogP contribution in [-0.4, -0.2) is 12.1 Å². The normalized spacial score (nSPS) is 26.4. The predicted octanol–water partition coefficient (Wildman–Crippen LogP) is 2.60. The summed E-state index contributed by atoms with van der Waals surface area (Å²) in [6.07, 6.45) is 3.37. The van der Waals surface area contributed by atoms with Gasteiger partial charge in [-0.2, -0.15) is 0 Å². The van der Waals surface area contributed by atoms with Gasteiger partial charge in [0.1, 0.15) is 11.9 Å². The van der Waals surface area contributed by atoms with Crippen LogP contribution in [0.1, 0.15) is 19.3 Å². The molecule has 0 aliphatic heterocycles. The SMILES string of the molecule is NC1CCC(Oc2ccc(Cl)cc2)C1. The Bertz CT molecular complexity index is 299. The van der Waals surface area contributed by atoms with Gasteiger partial charge >= 0.3 is 0 Å². The maximum absolute atomic E-state index is 5.80. The average molecular weight is 212 g/mol. The van der Waals surface area contributed by atoms with E-state index in [2.05, 4.69) is 0 Å². The summed E-state index contributed by atoms with van der Waals surface area (Å²) in [6.45, 7) is 0. The third-order valence-electron chi connectivity index (χ3n) is 2.54. The Kier molecular flexibility index (Phi) is 2.94. The number of hydrogen-bond donors (Lipinski definition) is 1. The van der Waals surface area contributed by atoms with Crippen LogP contribution in [0.4, 0.5) is 0 Å². The summed E-state index contributed by atoms with van der Waals surface area (Å²) in [5.74, 6) is 0.883. The minimum Gasteiger partial charge on any atom is -0.490 e. The largest absolute Gasteiger partial charge is 0.490 e. The lowest BCUT2D eigenvalue weighted by Gasteiger charge is -2.13. The number of hydrogen-bond acceptors (Lipinski definition) is 2. The predicted molar refractivity (Wildman–Crippen MR) is 57.7 cm³/mol. The number of rotatable bonds is 2. The summed E-state index contributed by atoms with van der Waals surface area (Å²) in [7, 11) is 0. The number of nitrogens with two attached hydrogens (primary N) is 1. The van der Waals surface area contributed by atoms with E-state index in [-0.39, 0.29) is 6.10 Å². The molecule has 0 aromatic heterocycles. The molecule has 0 spiro atoms. The molecule has 0 heterocycles. The van der Waals surface area contributed by atoms with E-state index in [0.717, 1.165) is 30.0 Å². The summed E-state index contributed by atoms with van der Waals surface area (Å²) in [4.78, 5) is 0. The maximum Gasteiger partial charge on any atom is 0.119 e. The molecule has 1 aliphatic carbocycles. The van der Waals surface area contributed by atoms with Gasteiger partial charge in [-0.15, -0.1) is 0 Å². The fourth-order valence-electron chi connectivity index (χ4n) is 1.79. The molecule has 0 amide bonds. The van der Waals surface area contributed by atoms with Crippen molar-refractivity contribution in [3.8, 4) is 5.75 Å². The second-order valence-electron chi connectivity index (χ2n) is 3.77. The zero-order chi connectivity index (χ0) is 9.97. The topological polar surface area (TPSA) is 35.2 Å². The van der Waals surface area contributed by atoms with Gasteiger partial charge in [0.2, 0.25) is 0 Å². The van der Waals surface area contributed by atoms with Crippen molar-refractivity contribution in [1.82, 2.24) is 0 Å². The first-order valence-electron chi connectivity index (χ1n) is 4.92. The van der Waals surface area contributed by atoms with Crippen molar-refractivity contribution in [2.45, 2.75) is 31.4 Å². The smallest absolute Gasteiger partial charge is 0.119 e. The van der Waals surface area contributed by atoms with E-state index in [0.29, 0.717) is 6.04 Å². The Morgan fingerprint density at radius 2 is 1.93 bits per heavy atom. The second-order valence-corrected chi connectivity index (χ2v) is 4.20. The van der Waals surface area contributed by atoms with Crippen molar-refractivity contribution < 1.29 is 4.74 Å². The Hall–Kier alpha value is -0.730. The Morgan fingerprint density at radius 3 is 2.50 bits per heavy atom. The second kappa shape index (κ2) is 4.20. The molecule has 1 aliphatic rings. The van der Waals surface area contributed by atoms with Crippen molar-refractivity contribution in [1.29, 1.82) is 0 Å². The molecule has 76 valence electrons. The Morgan fingerprint density at radius 1 is 1.21 bits per heavy atom. The zero-order valence-electron chi connectivity index (χ0n) is 7.95. The maximum atomic E-state index is 5.80. The molecule has 1 aromatic rings. The van der Waals surface area contributed by atoms with Crippen LogP contribution < -0.4 is 10.5 Å². The van der Waals surface area contributed by atoms with Crippen molar-refractivity contribution >= 4 is 11.6 Å². The molecule has 2 N–H and O–H groups in total.